The molecule has 0 saturated heterocycles. The molecular weight excluding hydrogens is 132 g/mol. The van der Waals surface area contributed by atoms with Gasteiger partial charge in [-0.3, -0.25) is 0 Å². The zero-order valence-electron chi connectivity index (χ0n) is 7.53. The quantitative estimate of drug-likeness (QED) is 0.571. The van der Waals surface area contributed by atoms with E-state index in [-0.39, 0.29) is 0 Å². The lowest BCUT2D eigenvalue weighted by Gasteiger charge is -2.04. The van der Waals surface area contributed by atoms with Gasteiger partial charge in [-0.25, -0.2) is 0 Å². The number of rotatable bonds is 4. The topological polar surface area (TPSA) is 0 Å². The fraction of sp³-hybridized carbons (Fsp3) is 0.636. The Labute approximate surface area is 70.0 Å². The molecule has 0 aromatic carbocycles. The number of unbranched alkanes of at least 4 members (excludes halogenated alkanes) is 1. The van der Waals surface area contributed by atoms with Gasteiger partial charge in [0.15, 0.2) is 0 Å². The van der Waals surface area contributed by atoms with Crippen LogP contribution in [-0.4, -0.2) is 0 Å². The Hall–Kier alpha value is -0.520. The third kappa shape index (κ3) is 2.53. The summed E-state index contributed by atoms with van der Waals surface area (Å²) in [6.45, 7) is 6.34. The maximum absolute atomic E-state index is 4.11. The van der Waals surface area contributed by atoms with E-state index >= 15 is 0 Å². The second kappa shape index (κ2) is 4.38. The first-order chi connectivity index (χ1) is 5.34. The van der Waals surface area contributed by atoms with Gasteiger partial charge < -0.3 is 0 Å². The number of hydrogen-bond donors (Lipinski definition) is 0. The predicted octanol–water partition coefficient (Wildman–Crippen LogP) is 3.84. The average Bonchev–Trinajstić information content (AvgIpc) is 2.52. The lowest BCUT2D eigenvalue weighted by atomic mass is 10.0. The van der Waals surface area contributed by atoms with Crippen molar-refractivity contribution in [3.8, 4) is 0 Å². The maximum atomic E-state index is 4.11. The molecule has 1 aliphatic rings. The van der Waals surface area contributed by atoms with E-state index in [1.54, 1.807) is 5.57 Å². The van der Waals surface area contributed by atoms with Crippen molar-refractivity contribution in [2.45, 2.75) is 45.4 Å². The smallest absolute Gasteiger partial charge is 0.0277 e. The third-order valence-corrected chi connectivity index (χ3v) is 2.33. The van der Waals surface area contributed by atoms with E-state index in [4.69, 9.17) is 0 Å². The summed E-state index contributed by atoms with van der Waals surface area (Å²) in [6, 6.07) is 0. The van der Waals surface area contributed by atoms with Gasteiger partial charge >= 0.3 is 0 Å². The summed E-state index contributed by atoms with van der Waals surface area (Å²) in [5, 5.41) is 0. The molecule has 0 heterocycles. The van der Waals surface area contributed by atoms with Crippen LogP contribution in [0.1, 0.15) is 45.4 Å². The van der Waals surface area contributed by atoms with Gasteiger partial charge in [-0.15, -0.1) is 0 Å². The summed E-state index contributed by atoms with van der Waals surface area (Å²) in [4.78, 5) is 0. The van der Waals surface area contributed by atoms with Gasteiger partial charge in [-0.05, 0) is 37.7 Å². The minimum Gasteiger partial charge on any atom is -0.0956 e. The van der Waals surface area contributed by atoms with Crippen LogP contribution in [0.3, 0.4) is 0 Å². The largest absolute Gasteiger partial charge is 0.0956 e. The fourth-order valence-electron chi connectivity index (χ4n) is 1.54. The molecule has 0 spiro atoms. The van der Waals surface area contributed by atoms with Crippen molar-refractivity contribution in [3.05, 3.63) is 23.8 Å². The minimum atomic E-state index is 1.21. The van der Waals surface area contributed by atoms with Crippen LogP contribution in [0.25, 0.3) is 0 Å². The zero-order valence-corrected chi connectivity index (χ0v) is 7.53. The van der Waals surface area contributed by atoms with Gasteiger partial charge in [0.1, 0.15) is 0 Å². The van der Waals surface area contributed by atoms with E-state index in [0.29, 0.717) is 0 Å². The Morgan fingerprint density at radius 1 is 1.64 bits per heavy atom. The van der Waals surface area contributed by atoms with E-state index in [0.717, 1.165) is 0 Å². The van der Waals surface area contributed by atoms with E-state index in [9.17, 15) is 0 Å². The van der Waals surface area contributed by atoms with Crippen LogP contribution in [0.5, 0.6) is 0 Å². The molecule has 0 N–H and O–H groups in total. The fourth-order valence-corrected chi connectivity index (χ4v) is 1.54. The summed E-state index contributed by atoms with van der Waals surface area (Å²) in [5.74, 6) is 0. The Morgan fingerprint density at radius 3 is 3.00 bits per heavy atom. The van der Waals surface area contributed by atoms with Gasteiger partial charge in [0.25, 0.3) is 0 Å². The number of allylic oxidation sites excluding steroid dienone is 3. The molecule has 1 rings (SSSR count). The number of hydrogen-bond acceptors (Lipinski definition) is 0. The molecule has 0 saturated carbocycles. The molecule has 0 unspecified atom stereocenters. The summed E-state index contributed by atoms with van der Waals surface area (Å²) in [7, 11) is 0. The van der Waals surface area contributed by atoms with Crippen LogP contribution in [0, 0.1) is 0 Å². The van der Waals surface area contributed by atoms with E-state index in [1.165, 1.54) is 44.1 Å². The molecule has 0 nitrogen and oxygen atoms in total. The highest BCUT2D eigenvalue weighted by Crippen LogP contribution is 2.26. The van der Waals surface area contributed by atoms with Crippen LogP contribution < -0.4 is 0 Å². The van der Waals surface area contributed by atoms with Crippen LogP contribution in [0.2, 0.25) is 0 Å². The van der Waals surface area contributed by atoms with Gasteiger partial charge in [0, 0.05) is 0 Å². The average molecular weight is 150 g/mol. The van der Waals surface area contributed by atoms with Crippen molar-refractivity contribution < 1.29 is 0 Å². The van der Waals surface area contributed by atoms with Crippen molar-refractivity contribution in [1.29, 1.82) is 0 Å². The molecule has 11 heavy (non-hydrogen) atoms. The lowest BCUT2D eigenvalue weighted by molar-refractivity contribution is 0.785. The monoisotopic (exact) mass is 150 g/mol. The molecule has 0 aliphatic heterocycles. The molecule has 1 aliphatic carbocycles. The SMILES string of the molecule is C=C(CCCC)C1=CCCC1. The third-order valence-electron chi connectivity index (χ3n) is 2.33. The molecular formula is C11H18. The maximum Gasteiger partial charge on any atom is -0.0277 e. The summed E-state index contributed by atoms with van der Waals surface area (Å²) >= 11 is 0. The standard InChI is InChI=1S/C11H18/c1-3-4-7-10(2)11-8-5-6-9-11/h8H,2-7,9H2,1H3. The molecule has 0 fully saturated rings. The summed E-state index contributed by atoms with van der Waals surface area (Å²) in [5.41, 5.74) is 2.93. The molecule has 0 heteroatoms. The Morgan fingerprint density at radius 2 is 2.45 bits per heavy atom. The molecule has 0 atom stereocenters. The van der Waals surface area contributed by atoms with Crippen LogP contribution in [0.15, 0.2) is 23.8 Å². The van der Waals surface area contributed by atoms with Crippen molar-refractivity contribution in [2.75, 3.05) is 0 Å². The molecule has 0 bridgehead atoms. The summed E-state index contributed by atoms with van der Waals surface area (Å²) in [6.07, 6.45) is 10.1. The van der Waals surface area contributed by atoms with Crippen LogP contribution >= 0.6 is 0 Å². The first kappa shape index (κ1) is 8.58. The molecule has 62 valence electrons. The van der Waals surface area contributed by atoms with Crippen molar-refractivity contribution in [3.63, 3.8) is 0 Å². The van der Waals surface area contributed by atoms with Crippen molar-refractivity contribution in [2.24, 2.45) is 0 Å². The van der Waals surface area contributed by atoms with Crippen LogP contribution in [-0.2, 0) is 0 Å². The van der Waals surface area contributed by atoms with Gasteiger partial charge in [0.2, 0.25) is 0 Å². The van der Waals surface area contributed by atoms with Gasteiger partial charge in [-0.1, -0.05) is 31.6 Å². The van der Waals surface area contributed by atoms with E-state index in [2.05, 4.69) is 19.6 Å². The zero-order chi connectivity index (χ0) is 8.10. The highest BCUT2D eigenvalue weighted by atomic mass is 14.1. The highest BCUT2D eigenvalue weighted by molar-refractivity contribution is 5.30. The minimum absolute atomic E-state index is 1.21. The second-order valence-electron chi connectivity index (χ2n) is 3.33. The van der Waals surface area contributed by atoms with Gasteiger partial charge in [0.05, 0.1) is 0 Å². The molecule has 0 radical (unpaired) electrons. The van der Waals surface area contributed by atoms with Crippen LogP contribution in [0.4, 0.5) is 0 Å². The highest BCUT2D eigenvalue weighted by Gasteiger charge is 2.06. The Balaban J connectivity index is 2.29. The predicted molar refractivity (Wildman–Crippen MR) is 50.6 cm³/mol. The molecule has 0 aromatic heterocycles. The lowest BCUT2D eigenvalue weighted by Crippen LogP contribution is -1.84. The molecule has 0 aromatic rings. The second-order valence-corrected chi connectivity index (χ2v) is 3.33. The molecule has 0 amide bonds. The Bertz CT molecular complexity index is 163. The van der Waals surface area contributed by atoms with E-state index < -0.39 is 0 Å². The normalized spacial score (nSPS) is 16.6. The van der Waals surface area contributed by atoms with E-state index in [1.807, 2.05) is 0 Å². The van der Waals surface area contributed by atoms with Crippen molar-refractivity contribution >= 4 is 0 Å². The first-order valence-electron chi connectivity index (χ1n) is 4.71. The summed E-state index contributed by atoms with van der Waals surface area (Å²) < 4.78 is 0. The van der Waals surface area contributed by atoms with Gasteiger partial charge in [-0.2, -0.15) is 0 Å². The first-order valence-corrected chi connectivity index (χ1v) is 4.71. The van der Waals surface area contributed by atoms with Crippen molar-refractivity contribution in [1.82, 2.24) is 0 Å². The Kier molecular flexibility index (Phi) is 3.41.